The van der Waals surface area contributed by atoms with Crippen molar-refractivity contribution in [2.45, 2.75) is 38.8 Å². The van der Waals surface area contributed by atoms with Crippen LogP contribution in [0.2, 0.25) is 5.02 Å². The Balaban J connectivity index is 2.34. The zero-order chi connectivity index (χ0) is 14.5. The van der Waals surface area contributed by atoms with E-state index < -0.39 is 0 Å². The number of rotatable bonds is 5. The van der Waals surface area contributed by atoms with Crippen LogP contribution in [0.15, 0.2) is 18.2 Å². The summed E-state index contributed by atoms with van der Waals surface area (Å²) in [5, 5.41) is 4.04. The van der Waals surface area contributed by atoms with Gasteiger partial charge in [-0.2, -0.15) is 0 Å². The van der Waals surface area contributed by atoms with Crippen molar-refractivity contribution < 1.29 is 4.79 Å². The van der Waals surface area contributed by atoms with E-state index >= 15 is 0 Å². The number of nitrogens with two attached hydrogens (primary N) is 1. The molecular weight excluding hydrogens is 274 g/mol. The van der Waals surface area contributed by atoms with E-state index in [1.165, 1.54) is 0 Å². The van der Waals surface area contributed by atoms with Crippen LogP contribution in [0.5, 0.6) is 0 Å². The van der Waals surface area contributed by atoms with Gasteiger partial charge in [-0.1, -0.05) is 24.6 Å². The average Bonchev–Trinajstić information content (AvgIpc) is 2.45. The van der Waals surface area contributed by atoms with Crippen molar-refractivity contribution in [3.63, 3.8) is 0 Å². The van der Waals surface area contributed by atoms with E-state index in [4.69, 9.17) is 17.3 Å². The van der Waals surface area contributed by atoms with Crippen molar-refractivity contribution in [1.82, 2.24) is 5.32 Å². The lowest BCUT2D eigenvalue weighted by Crippen LogP contribution is -2.48. The Kier molecular flexibility index (Phi) is 5.26. The SMILES string of the molecule is CCNCc1c(Cl)cccc1N1CCCCC1C(N)=O. The fraction of sp³-hybridized carbons (Fsp3) is 0.533. The summed E-state index contributed by atoms with van der Waals surface area (Å²) in [6.07, 6.45) is 2.95. The first-order chi connectivity index (χ1) is 9.65. The molecule has 0 radical (unpaired) electrons. The minimum atomic E-state index is -0.251. The van der Waals surface area contributed by atoms with E-state index in [-0.39, 0.29) is 11.9 Å². The number of nitrogens with zero attached hydrogens (tertiary/aromatic N) is 1. The maximum Gasteiger partial charge on any atom is 0.240 e. The van der Waals surface area contributed by atoms with E-state index in [9.17, 15) is 4.79 Å². The Bertz CT molecular complexity index is 478. The number of benzene rings is 1. The molecule has 1 unspecified atom stereocenters. The largest absolute Gasteiger partial charge is 0.368 e. The van der Waals surface area contributed by atoms with E-state index in [0.29, 0.717) is 6.54 Å². The third kappa shape index (κ3) is 3.25. The van der Waals surface area contributed by atoms with E-state index in [2.05, 4.69) is 17.1 Å². The van der Waals surface area contributed by atoms with Crippen LogP contribution in [0.4, 0.5) is 5.69 Å². The van der Waals surface area contributed by atoms with Crippen molar-refractivity contribution in [2.24, 2.45) is 5.73 Å². The Morgan fingerprint density at radius 1 is 1.50 bits per heavy atom. The molecule has 20 heavy (non-hydrogen) atoms. The number of anilines is 1. The molecule has 1 heterocycles. The van der Waals surface area contributed by atoms with Gasteiger partial charge in [-0.25, -0.2) is 0 Å². The molecule has 0 aliphatic carbocycles. The van der Waals surface area contributed by atoms with Gasteiger partial charge in [-0.05, 0) is 37.9 Å². The van der Waals surface area contributed by atoms with Gasteiger partial charge in [0.1, 0.15) is 6.04 Å². The van der Waals surface area contributed by atoms with Crippen LogP contribution in [0.1, 0.15) is 31.7 Å². The Morgan fingerprint density at radius 2 is 2.30 bits per heavy atom. The summed E-state index contributed by atoms with van der Waals surface area (Å²) in [6.45, 7) is 4.49. The summed E-state index contributed by atoms with van der Waals surface area (Å²) >= 11 is 6.33. The molecule has 2 rings (SSSR count). The number of carbonyl (C=O) groups excluding carboxylic acids is 1. The average molecular weight is 296 g/mol. The fourth-order valence-electron chi connectivity index (χ4n) is 2.76. The monoisotopic (exact) mass is 295 g/mol. The molecule has 1 atom stereocenters. The number of piperidine rings is 1. The highest BCUT2D eigenvalue weighted by atomic mass is 35.5. The van der Waals surface area contributed by atoms with Gasteiger partial charge in [0, 0.05) is 29.4 Å². The van der Waals surface area contributed by atoms with Gasteiger partial charge in [0.2, 0.25) is 5.91 Å². The van der Waals surface area contributed by atoms with Gasteiger partial charge >= 0.3 is 0 Å². The molecule has 1 aliphatic rings. The van der Waals surface area contributed by atoms with Crippen molar-refractivity contribution in [3.8, 4) is 0 Å². The summed E-state index contributed by atoms with van der Waals surface area (Å²) < 4.78 is 0. The summed E-state index contributed by atoms with van der Waals surface area (Å²) in [6, 6.07) is 5.63. The number of hydrogen-bond donors (Lipinski definition) is 2. The predicted molar refractivity (Wildman–Crippen MR) is 83.0 cm³/mol. The second-order valence-corrected chi connectivity index (χ2v) is 5.53. The molecule has 0 bridgehead atoms. The van der Waals surface area contributed by atoms with Crippen LogP contribution < -0.4 is 16.0 Å². The lowest BCUT2D eigenvalue weighted by Gasteiger charge is -2.37. The van der Waals surface area contributed by atoms with E-state index in [1.807, 2.05) is 18.2 Å². The highest BCUT2D eigenvalue weighted by Gasteiger charge is 2.28. The quantitative estimate of drug-likeness (QED) is 0.876. The summed E-state index contributed by atoms with van der Waals surface area (Å²) in [5.74, 6) is -0.251. The van der Waals surface area contributed by atoms with Crippen LogP contribution in [-0.2, 0) is 11.3 Å². The van der Waals surface area contributed by atoms with Gasteiger partial charge in [0.25, 0.3) is 0 Å². The molecule has 1 aliphatic heterocycles. The van der Waals surface area contributed by atoms with E-state index in [0.717, 1.165) is 48.6 Å². The third-order valence-electron chi connectivity index (χ3n) is 3.79. The van der Waals surface area contributed by atoms with Crippen molar-refractivity contribution in [1.29, 1.82) is 0 Å². The molecule has 1 saturated heterocycles. The highest BCUT2D eigenvalue weighted by Crippen LogP contribution is 2.32. The van der Waals surface area contributed by atoms with Crippen LogP contribution >= 0.6 is 11.6 Å². The number of halogens is 1. The molecular formula is C15H22ClN3O. The second kappa shape index (κ2) is 6.95. The molecule has 1 aromatic rings. The third-order valence-corrected chi connectivity index (χ3v) is 4.14. The van der Waals surface area contributed by atoms with Gasteiger partial charge in [-0.3, -0.25) is 4.79 Å². The lowest BCUT2D eigenvalue weighted by atomic mass is 9.99. The fourth-order valence-corrected chi connectivity index (χ4v) is 2.99. The van der Waals surface area contributed by atoms with E-state index in [1.54, 1.807) is 0 Å². The molecule has 4 nitrogen and oxygen atoms in total. The maximum atomic E-state index is 11.7. The number of amides is 1. The maximum absolute atomic E-state index is 11.7. The van der Waals surface area contributed by atoms with Crippen LogP contribution in [0, 0.1) is 0 Å². The Hall–Kier alpha value is -1.26. The summed E-state index contributed by atoms with van der Waals surface area (Å²) in [4.78, 5) is 13.8. The standard InChI is InChI=1S/C15H22ClN3O/c1-2-18-10-11-12(16)6-5-8-13(11)19-9-4-3-7-14(19)15(17)20/h5-6,8,14,18H,2-4,7,9-10H2,1H3,(H2,17,20). The lowest BCUT2D eigenvalue weighted by molar-refractivity contribution is -0.119. The molecule has 1 aromatic carbocycles. The van der Waals surface area contributed by atoms with Crippen LogP contribution in [-0.4, -0.2) is 25.0 Å². The zero-order valence-corrected chi connectivity index (χ0v) is 12.6. The molecule has 0 spiro atoms. The first-order valence-electron chi connectivity index (χ1n) is 7.19. The second-order valence-electron chi connectivity index (χ2n) is 5.13. The minimum absolute atomic E-state index is 0.220. The van der Waals surface area contributed by atoms with Crippen molar-refractivity contribution in [3.05, 3.63) is 28.8 Å². The summed E-state index contributed by atoms with van der Waals surface area (Å²) in [7, 11) is 0. The molecule has 110 valence electrons. The number of hydrogen-bond acceptors (Lipinski definition) is 3. The number of nitrogens with one attached hydrogen (secondary N) is 1. The predicted octanol–water partition coefficient (Wildman–Crippen LogP) is 2.29. The molecule has 1 amide bonds. The normalized spacial score (nSPS) is 19.1. The Morgan fingerprint density at radius 3 is 3.00 bits per heavy atom. The highest BCUT2D eigenvalue weighted by molar-refractivity contribution is 6.31. The smallest absolute Gasteiger partial charge is 0.240 e. The molecule has 3 N–H and O–H groups in total. The van der Waals surface area contributed by atoms with Crippen LogP contribution in [0.25, 0.3) is 0 Å². The first-order valence-corrected chi connectivity index (χ1v) is 7.57. The zero-order valence-electron chi connectivity index (χ0n) is 11.9. The topological polar surface area (TPSA) is 58.4 Å². The minimum Gasteiger partial charge on any atom is -0.368 e. The number of primary amides is 1. The first kappa shape index (κ1) is 15.1. The van der Waals surface area contributed by atoms with Crippen molar-refractivity contribution >= 4 is 23.2 Å². The number of carbonyl (C=O) groups is 1. The molecule has 0 saturated carbocycles. The molecule has 1 fully saturated rings. The van der Waals surface area contributed by atoms with Gasteiger partial charge in [0.05, 0.1) is 0 Å². The van der Waals surface area contributed by atoms with Gasteiger partial charge < -0.3 is 16.0 Å². The summed E-state index contributed by atoms with van der Waals surface area (Å²) in [5.41, 5.74) is 7.63. The van der Waals surface area contributed by atoms with Crippen molar-refractivity contribution in [2.75, 3.05) is 18.0 Å². The van der Waals surface area contributed by atoms with Crippen LogP contribution in [0.3, 0.4) is 0 Å². The molecule has 5 heteroatoms. The molecule has 0 aromatic heterocycles. The van der Waals surface area contributed by atoms with Gasteiger partial charge in [0.15, 0.2) is 0 Å². The van der Waals surface area contributed by atoms with Gasteiger partial charge in [-0.15, -0.1) is 0 Å². The Labute approximate surface area is 125 Å².